The van der Waals surface area contributed by atoms with Crippen LogP contribution in [0, 0.1) is 0 Å². The minimum absolute atomic E-state index is 0.489. The first-order valence-electron chi connectivity index (χ1n) is 7.93. The van der Waals surface area contributed by atoms with Crippen LogP contribution in [0.1, 0.15) is 11.1 Å². The minimum atomic E-state index is 0.489. The highest BCUT2D eigenvalue weighted by molar-refractivity contribution is 7.98. The zero-order valence-electron chi connectivity index (χ0n) is 13.6. The maximum atomic E-state index is 6.16. The molecule has 0 bridgehead atoms. The maximum absolute atomic E-state index is 6.16. The van der Waals surface area contributed by atoms with Gasteiger partial charge in [-0.1, -0.05) is 59.8 Å². The topological polar surface area (TPSA) is 81.8 Å². The van der Waals surface area contributed by atoms with Gasteiger partial charge < -0.3 is 4.98 Å². The molecule has 2 aromatic carbocycles. The molecule has 0 radical (unpaired) electrons. The average Bonchev–Trinajstić information content (AvgIpc) is 3.28. The predicted molar refractivity (Wildman–Crippen MR) is 107 cm³/mol. The summed E-state index contributed by atoms with van der Waals surface area (Å²) in [6, 6.07) is 15.8. The summed E-state index contributed by atoms with van der Waals surface area (Å²) >= 11 is 7.67. The van der Waals surface area contributed by atoms with Gasteiger partial charge in [0.15, 0.2) is 0 Å². The summed E-state index contributed by atoms with van der Waals surface area (Å²) in [6.45, 7) is 0. The van der Waals surface area contributed by atoms with Gasteiger partial charge in [0.25, 0.3) is 0 Å². The summed E-state index contributed by atoms with van der Waals surface area (Å²) in [5.74, 6) is 1.19. The molecule has 8 heteroatoms. The molecule has 0 aliphatic heterocycles. The van der Waals surface area contributed by atoms with Crippen molar-refractivity contribution in [3.63, 3.8) is 0 Å². The lowest BCUT2D eigenvalue weighted by Gasteiger charge is -2.00. The van der Waals surface area contributed by atoms with Crippen molar-refractivity contribution in [2.75, 3.05) is 5.43 Å². The number of H-pyrrole nitrogens is 2. The molecule has 0 spiro atoms. The first-order chi connectivity index (χ1) is 12.8. The van der Waals surface area contributed by atoms with Crippen molar-refractivity contribution in [3.8, 4) is 0 Å². The molecule has 2 aromatic heterocycles. The van der Waals surface area contributed by atoms with Crippen LogP contribution in [0.25, 0.3) is 10.9 Å². The van der Waals surface area contributed by atoms with Crippen LogP contribution in [0.4, 0.5) is 5.95 Å². The zero-order valence-corrected chi connectivity index (χ0v) is 15.2. The number of aromatic nitrogens is 4. The number of hydrazone groups is 1. The molecule has 0 aliphatic rings. The van der Waals surface area contributed by atoms with E-state index in [9.17, 15) is 0 Å². The van der Waals surface area contributed by atoms with Crippen molar-refractivity contribution in [3.05, 3.63) is 70.9 Å². The Hall–Kier alpha value is -2.77. The molecule has 4 rings (SSSR count). The van der Waals surface area contributed by atoms with Crippen LogP contribution in [-0.2, 0) is 5.75 Å². The summed E-state index contributed by atoms with van der Waals surface area (Å²) < 4.78 is 0. The lowest BCUT2D eigenvalue weighted by molar-refractivity contribution is 0.972. The van der Waals surface area contributed by atoms with Crippen LogP contribution in [0.3, 0.4) is 0 Å². The van der Waals surface area contributed by atoms with E-state index in [1.54, 1.807) is 6.21 Å². The number of para-hydroxylation sites is 1. The van der Waals surface area contributed by atoms with Crippen molar-refractivity contribution in [2.45, 2.75) is 10.9 Å². The molecule has 0 aliphatic carbocycles. The first-order valence-corrected chi connectivity index (χ1v) is 9.30. The number of anilines is 1. The number of aromatic amines is 2. The second-order valence-corrected chi connectivity index (χ2v) is 6.86. The second-order valence-electron chi connectivity index (χ2n) is 5.51. The van der Waals surface area contributed by atoms with Crippen molar-refractivity contribution in [2.24, 2.45) is 5.10 Å². The van der Waals surface area contributed by atoms with Gasteiger partial charge in [0.2, 0.25) is 11.1 Å². The second kappa shape index (κ2) is 7.63. The van der Waals surface area contributed by atoms with Gasteiger partial charge in [-0.25, -0.2) is 10.5 Å². The Labute approximate surface area is 159 Å². The lowest BCUT2D eigenvalue weighted by Crippen LogP contribution is -1.92. The highest BCUT2D eigenvalue weighted by atomic mass is 35.5. The monoisotopic (exact) mass is 382 g/mol. The largest absolute Gasteiger partial charge is 0.361 e. The predicted octanol–water partition coefficient (Wildman–Crippen LogP) is 4.68. The van der Waals surface area contributed by atoms with Crippen LogP contribution >= 0.6 is 23.4 Å². The van der Waals surface area contributed by atoms with E-state index in [1.807, 2.05) is 54.7 Å². The average molecular weight is 383 g/mol. The van der Waals surface area contributed by atoms with E-state index in [-0.39, 0.29) is 0 Å². The molecule has 2 heterocycles. The van der Waals surface area contributed by atoms with E-state index in [0.29, 0.717) is 16.9 Å². The molecule has 0 unspecified atom stereocenters. The number of halogens is 1. The van der Waals surface area contributed by atoms with Crippen LogP contribution in [0.2, 0.25) is 5.02 Å². The molecule has 26 heavy (non-hydrogen) atoms. The summed E-state index contributed by atoms with van der Waals surface area (Å²) in [5.41, 5.74) is 5.99. The van der Waals surface area contributed by atoms with Gasteiger partial charge in [-0.05, 0) is 17.7 Å². The van der Waals surface area contributed by atoms with Gasteiger partial charge in [0.05, 0.1) is 6.21 Å². The third kappa shape index (κ3) is 3.74. The molecular weight excluding hydrogens is 368 g/mol. The van der Waals surface area contributed by atoms with E-state index < -0.39 is 0 Å². The normalized spacial score (nSPS) is 11.4. The van der Waals surface area contributed by atoms with E-state index in [4.69, 9.17) is 11.6 Å². The molecule has 130 valence electrons. The van der Waals surface area contributed by atoms with Gasteiger partial charge in [-0.15, -0.1) is 5.10 Å². The number of fused-ring (bicyclic) bond motifs is 1. The van der Waals surface area contributed by atoms with Gasteiger partial charge in [0.1, 0.15) is 0 Å². The van der Waals surface area contributed by atoms with Crippen LogP contribution in [-0.4, -0.2) is 26.4 Å². The number of thioether (sulfide) groups is 1. The maximum Gasteiger partial charge on any atom is 0.240 e. The van der Waals surface area contributed by atoms with Crippen molar-refractivity contribution >= 4 is 46.4 Å². The van der Waals surface area contributed by atoms with Crippen molar-refractivity contribution in [1.82, 2.24) is 20.2 Å². The highest BCUT2D eigenvalue weighted by Crippen LogP contribution is 2.24. The molecule has 6 nitrogen and oxygen atoms in total. The molecule has 0 atom stereocenters. The molecular formula is C18H15ClN6S. The van der Waals surface area contributed by atoms with Gasteiger partial charge in [-0.3, -0.25) is 0 Å². The number of nitrogens with zero attached hydrogens (tertiary/aromatic N) is 3. The standard InChI is InChI=1S/C18H15ClN6S/c19-15-7-3-1-5-12(15)11-26-18-22-17(24-25-18)23-21-10-13-9-20-16-8-4-2-6-14(13)16/h1-10,20H,11H2,(H2,22,23,24,25)/b21-10+. The fraction of sp³-hybridized carbons (Fsp3) is 0.0556. The van der Waals surface area contributed by atoms with Crippen LogP contribution in [0.5, 0.6) is 0 Å². The summed E-state index contributed by atoms with van der Waals surface area (Å²) in [4.78, 5) is 7.57. The van der Waals surface area contributed by atoms with Crippen LogP contribution < -0.4 is 5.43 Å². The van der Waals surface area contributed by atoms with Gasteiger partial charge in [0, 0.05) is 33.4 Å². The van der Waals surface area contributed by atoms with Crippen molar-refractivity contribution < 1.29 is 0 Å². The van der Waals surface area contributed by atoms with Gasteiger partial charge >= 0.3 is 0 Å². The highest BCUT2D eigenvalue weighted by Gasteiger charge is 2.06. The Bertz CT molecular complexity index is 1050. The Balaban J connectivity index is 1.37. The molecule has 3 N–H and O–H groups in total. The fourth-order valence-corrected chi connectivity index (χ4v) is 3.57. The molecule has 0 saturated carbocycles. The zero-order chi connectivity index (χ0) is 17.8. The summed E-state index contributed by atoms with van der Waals surface area (Å²) in [7, 11) is 0. The first kappa shape index (κ1) is 16.7. The van der Waals surface area contributed by atoms with E-state index >= 15 is 0 Å². The Kier molecular flexibility index (Phi) is 4.90. The van der Waals surface area contributed by atoms with Crippen molar-refractivity contribution in [1.29, 1.82) is 0 Å². The Morgan fingerprint density at radius 2 is 2.00 bits per heavy atom. The third-order valence-corrected chi connectivity index (χ3v) is 5.04. The quantitative estimate of drug-likeness (QED) is 0.257. The molecule has 0 saturated heterocycles. The van der Waals surface area contributed by atoms with E-state index in [1.165, 1.54) is 11.8 Å². The summed E-state index contributed by atoms with van der Waals surface area (Å²) in [6.07, 6.45) is 3.67. The molecule has 0 fully saturated rings. The number of hydrogen-bond acceptors (Lipinski definition) is 5. The number of rotatable bonds is 6. The molecule has 0 amide bonds. The third-order valence-electron chi connectivity index (χ3n) is 3.77. The summed E-state index contributed by atoms with van der Waals surface area (Å²) in [5, 5.41) is 13.7. The van der Waals surface area contributed by atoms with Crippen LogP contribution in [0.15, 0.2) is 65.0 Å². The lowest BCUT2D eigenvalue weighted by atomic mass is 10.2. The number of benzene rings is 2. The van der Waals surface area contributed by atoms with Gasteiger partial charge in [-0.2, -0.15) is 10.1 Å². The Morgan fingerprint density at radius 1 is 1.15 bits per heavy atom. The SMILES string of the molecule is Clc1ccccc1CSc1n[nH]c(N/N=C/c2c[nH]c3ccccc23)n1. The van der Waals surface area contributed by atoms with E-state index in [2.05, 4.69) is 30.7 Å². The minimum Gasteiger partial charge on any atom is -0.361 e. The molecule has 4 aromatic rings. The fourth-order valence-electron chi connectivity index (χ4n) is 2.48. The van der Waals surface area contributed by atoms with E-state index in [0.717, 1.165) is 27.1 Å². The smallest absolute Gasteiger partial charge is 0.240 e. The number of hydrogen-bond donors (Lipinski definition) is 3. The number of nitrogens with one attached hydrogen (secondary N) is 3. The Morgan fingerprint density at radius 3 is 2.92 bits per heavy atom.